The molecule has 0 aromatic carbocycles. The zero-order valence-electron chi connectivity index (χ0n) is 5.23. The Hall–Kier alpha value is 1.06. The second-order valence-corrected chi connectivity index (χ2v) is 1.68. The summed E-state index contributed by atoms with van der Waals surface area (Å²) < 4.78 is 0. The van der Waals surface area contributed by atoms with Crippen molar-refractivity contribution in [3.05, 3.63) is 11.2 Å². The topological polar surface area (TPSA) is 14.1 Å². The first-order valence-corrected chi connectivity index (χ1v) is 2.12. The maximum absolute atomic E-state index is 3.90. The maximum atomic E-state index is 3.90. The fraction of sp³-hybridized carbons (Fsp3) is 0.800. The van der Waals surface area contributed by atoms with Crippen LogP contribution in [0.15, 0.2) is 0 Å². The van der Waals surface area contributed by atoms with Gasteiger partial charge in [-0.05, 0) is 0 Å². The zero-order chi connectivity index (χ0) is 4.99. The van der Waals surface area contributed by atoms with Crippen molar-refractivity contribution < 1.29 is 32.7 Å². The average Bonchev–Trinajstić information content (AvgIpc) is 1.35. The van der Waals surface area contributed by atoms with Crippen LogP contribution in [0.2, 0.25) is 0 Å². The third kappa shape index (κ3) is 11.0. The summed E-state index contributed by atoms with van der Waals surface area (Å²) in [5.41, 5.74) is 0. The van der Waals surface area contributed by atoms with Crippen molar-refractivity contribution in [2.24, 2.45) is 0 Å². The molecule has 0 aromatic heterocycles. The molecule has 0 aromatic rings. The number of rotatable bonds is 2. The molecule has 0 N–H and O–H groups in total. The molecule has 0 bridgehead atoms. The van der Waals surface area contributed by atoms with Gasteiger partial charge in [-0.2, -0.15) is 20.9 Å². The summed E-state index contributed by atoms with van der Waals surface area (Å²) in [5.74, 6) is 1.37. The first-order valence-electron chi connectivity index (χ1n) is 2.12. The normalized spacial score (nSPS) is 8.57. The Labute approximate surface area is 71.1 Å². The molecule has 0 heterocycles. The van der Waals surface area contributed by atoms with Gasteiger partial charge < -0.3 is 11.2 Å². The summed E-state index contributed by atoms with van der Waals surface area (Å²) in [6, 6.07) is 0. The smallest absolute Gasteiger partial charge is 0 e. The summed E-state index contributed by atoms with van der Waals surface area (Å²) in [5, 5.41) is 3.90. The van der Waals surface area contributed by atoms with Gasteiger partial charge in [0.1, 0.15) is 0 Å². The van der Waals surface area contributed by atoms with Crippen molar-refractivity contribution >= 4 is 0 Å². The Morgan fingerprint density at radius 2 is 1.86 bits per heavy atom. The predicted molar refractivity (Wildman–Crippen MR) is 28.7 cm³/mol. The van der Waals surface area contributed by atoms with Gasteiger partial charge >= 0.3 is 0 Å². The average molecular weight is 174 g/mol. The molecule has 0 aliphatic heterocycles. The molecule has 0 saturated heterocycles. The Morgan fingerprint density at radius 1 is 1.43 bits per heavy atom. The quantitative estimate of drug-likeness (QED) is 0.564. The van der Waals surface area contributed by atoms with E-state index >= 15 is 0 Å². The monoisotopic (exact) mass is 174 g/mol. The van der Waals surface area contributed by atoms with Gasteiger partial charge in [0.2, 0.25) is 0 Å². The van der Waals surface area contributed by atoms with Gasteiger partial charge in [-0.3, -0.25) is 6.54 Å². The van der Waals surface area contributed by atoms with Crippen LogP contribution in [0.25, 0.3) is 5.32 Å². The van der Waals surface area contributed by atoms with Crippen LogP contribution in [0.4, 0.5) is 0 Å². The van der Waals surface area contributed by atoms with Crippen LogP contribution < -0.4 is 0 Å². The standard InChI is InChI=1S/C5H11N.Y/c1-5(2)4-6-3;/h4H2,1-3H3;/q-2;. The Kier molecular flexibility index (Phi) is 11.0. The van der Waals surface area contributed by atoms with Gasteiger partial charge in [0.05, 0.1) is 0 Å². The molecule has 0 aliphatic rings. The van der Waals surface area contributed by atoms with Gasteiger partial charge in [0, 0.05) is 32.7 Å². The first-order chi connectivity index (χ1) is 2.77. The molecule has 0 atom stereocenters. The molecule has 0 rings (SSSR count). The van der Waals surface area contributed by atoms with Crippen LogP contribution in [0.5, 0.6) is 0 Å². The molecule has 0 unspecified atom stereocenters. The second-order valence-electron chi connectivity index (χ2n) is 1.68. The molecule has 2 heteroatoms. The molecule has 0 spiro atoms. The molecule has 0 fully saturated rings. The third-order valence-electron chi connectivity index (χ3n) is 0.474. The molecule has 7 heavy (non-hydrogen) atoms. The van der Waals surface area contributed by atoms with E-state index in [1.165, 1.54) is 5.92 Å². The van der Waals surface area contributed by atoms with Gasteiger partial charge in [-0.25, -0.2) is 0 Å². The summed E-state index contributed by atoms with van der Waals surface area (Å²) in [4.78, 5) is 0. The SMILES string of the molecule is C[N-]C[C-](C)C.[Y]. The van der Waals surface area contributed by atoms with Crippen molar-refractivity contribution in [3.63, 3.8) is 0 Å². The van der Waals surface area contributed by atoms with E-state index in [2.05, 4.69) is 19.2 Å². The maximum Gasteiger partial charge on any atom is 0 e. The molecule has 0 saturated carbocycles. The van der Waals surface area contributed by atoms with Crippen molar-refractivity contribution in [1.29, 1.82) is 0 Å². The van der Waals surface area contributed by atoms with E-state index in [1.54, 1.807) is 0 Å². The van der Waals surface area contributed by atoms with Crippen LogP contribution in [0.1, 0.15) is 13.8 Å². The van der Waals surface area contributed by atoms with E-state index < -0.39 is 0 Å². The van der Waals surface area contributed by atoms with Crippen LogP contribution >= 0.6 is 0 Å². The molecular formula is C5H11NY-2. The van der Waals surface area contributed by atoms with E-state index in [-0.39, 0.29) is 32.7 Å². The minimum Gasteiger partial charge on any atom is -0.691 e. The number of hydrogen-bond donors (Lipinski definition) is 0. The summed E-state index contributed by atoms with van der Waals surface area (Å²) in [7, 11) is 1.83. The van der Waals surface area contributed by atoms with Crippen molar-refractivity contribution in [1.82, 2.24) is 0 Å². The van der Waals surface area contributed by atoms with Gasteiger partial charge in [0.25, 0.3) is 0 Å². The van der Waals surface area contributed by atoms with E-state index in [4.69, 9.17) is 0 Å². The molecule has 1 radical (unpaired) electrons. The van der Waals surface area contributed by atoms with Crippen LogP contribution in [0, 0.1) is 5.92 Å². The summed E-state index contributed by atoms with van der Waals surface area (Å²) in [6.45, 7) is 5.07. The van der Waals surface area contributed by atoms with Crippen molar-refractivity contribution in [2.45, 2.75) is 13.8 Å². The van der Waals surface area contributed by atoms with Crippen LogP contribution in [0.3, 0.4) is 0 Å². The summed E-state index contributed by atoms with van der Waals surface area (Å²) in [6.07, 6.45) is 0. The minimum absolute atomic E-state index is 0. The fourth-order valence-electron chi connectivity index (χ4n) is 0.316. The van der Waals surface area contributed by atoms with Crippen molar-refractivity contribution in [2.75, 3.05) is 13.6 Å². The van der Waals surface area contributed by atoms with E-state index in [0.717, 1.165) is 6.54 Å². The molecule has 0 amide bonds. The van der Waals surface area contributed by atoms with Crippen molar-refractivity contribution in [3.8, 4) is 0 Å². The Morgan fingerprint density at radius 3 is 1.86 bits per heavy atom. The first kappa shape index (κ1) is 10.9. The third-order valence-corrected chi connectivity index (χ3v) is 0.474. The Balaban J connectivity index is 0. The van der Waals surface area contributed by atoms with E-state index in [1.807, 2.05) is 7.05 Å². The molecular weight excluding hydrogens is 163 g/mol. The van der Waals surface area contributed by atoms with Crippen LogP contribution in [-0.4, -0.2) is 13.6 Å². The largest absolute Gasteiger partial charge is 0.691 e. The zero-order valence-corrected chi connectivity index (χ0v) is 8.07. The molecule has 0 aliphatic carbocycles. The van der Waals surface area contributed by atoms with Gasteiger partial charge in [-0.1, -0.05) is 0 Å². The van der Waals surface area contributed by atoms with Crippen LogP contribution in [-0.2, 0) is 32.7 Å². The Bertz CT molecular complexity index is 29.3. The number of nitrogens with zero attached hydrogens (tertiary/aromatic N) is 1. The summed E-state index contributed by atoms with van der Waals surface area (Å²) >= 11 is 0. The van der Waals surface area contributed by atoms with E-state index in [0.29, 0.717) is 0 Å². The van der Waals surface area contributed by atoms with E-state index in [9.17, 15) is 0 Å². The molecule has 41 valence electrons. The predicted octanol–water partition coefficient (Wildman–Crippen LogP) is 1.60. The fourth-order valence-corrected chi connectivity index (χ4v) is 0.316. The number of hydrogen-bond acceptors (Lipinski definition) is 0. The second kappa shape index (κ2) is 7.06. The van der Waals surface area contributed by atoms with Gasteiger partial charge in [-0.15, -0.1) is 0 Å². The van der Waals surface area contributed by atoms with Gasteiger partial charge in [0.15, 0.2) is 0 Å². The minimum atomic E-state index is 0. The molecule has 1 nitrogen and oxygen atoms in total.